The van der Waals surface area contributed by atoms with E-state index in [1.54, 1.807) is 13.0 Å². The van der Waals surface area contributed by atoms with Crippen LogP contribution in [0.5, 0.6) is 0 Å². The van der Waals surface area contributed by atoms with Crippen molar-refractivity contribution in [1.82, 2.24) is 0 Å². The third-order valence-electron chi connectivity index (χ3n) is 1.62. The van der Waals surface area contributed by atoms with E-state index in [1.165, 1.54) is 13.2 Å². The minimum Gasteiger partial charge on any atom is -0.465 e. The number of halogens is 2. The lowest BCUT2D eigenvalue weighted by Gasteiger charge is -2.04. The van der Waals surface area contributed by atoms with E-state index in [-0.39, 0.29) is 5.56 Å². The Bertz CT molecular complexity index is 350. The molecule has 2 nitrogen and oxygen atoms in total. The van der Waals surface area contributed by atoms with Gasteiger partial charge < -0.3 is 4.74 Å². The summed E-state index contributed by atoms with van der Waals surface area (Å²) >= 11 is 2.02. The molecule has 0 saturated carbocycles. The fraction of sp³-hybridized carbons (Fsp3) is 0.222. The number of ether oxygens (including phenoxy) is 1. The average molecular weight is 294 g/mol. The molecule has 4 heteroatoms. The highest BCUT2D eigenvalue weighted by molar-refractivity contribution is 14.1. The lowest BCUT2D eigenvalue weighted by molar-refractivity contribution is 0.0595. The van der Waals surface area contributed by atoms with Crippen LogP contribution in [-0.4, -0.2) is 13.1 Å². The van der Waals surface area contributed by atoms with E-state index in [1.807, 2.05) is 22.6 Å². The molecule has 0 heterocycles. The Morgan fingerprint density at radius 3 is 2.69 bits per heavy atom. The number of rotatable bonds is 1. The van der Waals surface area contributed by atoms with Gasteiger partial charge in [-0.1, -0.05) is 0 Å². The molecule has 0 aliphatic rings. The Balaban J connectivity index is 3.28. The van der Waals surface area contributed by atoms with Gasteiger partial charge in [-0.25, -0.2) is 9.18 Å². The molecule has 0 saturated heterocycles. The quantitative estimate of drug-likeness (QED) is 0.587. The lowest BCUT2D eigenvalue weighted by Crippen LogP contribution is -2.06. The first kappa shape index (κ1) is 10.4. The second-order valence-electron chi connectivity index (χ2n) is 2.58. The van der Waals surface area contributed by atoms with Crippen molar-refractivity contribution in [3.8, 4) is 0 Å². The number of aryl methyl sites for hydroxylation is 1. The maximum atomic E-state index is 13.3. The molecule has 1 aromatic carbocycles. The molecule has 0 fully saturated rings. The van der Waals surface area contributed by atoms with Crippen LogP contribution in [0.15, 0.2) is 12.1 Å². The largest absolute Gasteiger partial charge is 0.465 e. The fourth-order valence-corrected chi connectivity index (χ4v) is 1.76. The van der Waals surface area contributed by atoms with E-state index in [2.05, 4.69) is 4.74 Å². The number of carbonyl (C=O) groups is 1. The molecular weight excluding hydrogens is 286 g/mol. The Morgan fingerprint density at radius 2 is 2.15 bits per heavy atom. The predicted octanol–water partition coefficient (Wildman–Crippen LogP) is 2.53. The Kier molecular flexibility index (Phi) is 3.24. The summed E-state index contributed by atoms with van der Waals surface area (Å²) in [5.41, 5.74) is 0.444. The zero-order valence-corrected chi connectivity index (χ0v) is 9.38. The number of methoxy groups -OCH3 is 1. The SMILES string of the molecule is COC(=O)c1cc(I)cc(C)c1F. The van der Waals surface area contributed by atoms with Gasteiger partial charge in [0.25, 0.3) is 0 Å². The van der Waals surface area contributed by atoms with Crippen molar-refractivity contribution in [2.45, 2.75) is 6.92 Å². The maximum Gasteiger partial charge on any atom is 0.340 e. The molecule has 0 N–H and O–H groups in total. The Labute approximate surface area is 89.2 Å². The van der Waals surface area contributed by atoms with E-state index in [4.69, 9.17) is 0 Å². The predicted molar refractivity (Wildman–Crippen MR) is 55.2 cm³/mol. The summed E-state index contributed by atoms with van der Waals surface area (Å²) in [6, 6.07) is 3.14. The van der Waals surface area contributed by atoms with Crippen LogP contribution in [0.25, 0.3) is 0 Å². The first-order valence-corrected chi connectivity index (χ1v) is 4.68. The van der Waals surface area contributed by atoms with Gasteiger partial charge in [-0.05, 0) is 47.2 Å². The highest BCUT2D eigenvalue weighted by Crippen LogP contribution is 2.17. The van der Waals surface area contributed by atoms with Gasteiger partial charge >= 0.3 is 5.97 Å². The van der Waals surface area contributed by atoms with Crippen LogP contribution in [0.2, 0.25) is 0 Å². The van der Waals surface area contributed by atoms with Crippen LogP contribution in [0.1, 0.15) is 15.9 Å². The number of hydrogen-bond acceptors (Lipinski definition) is 2. The number of carbonyl (C=O) groups excluding carboxylic acids is 1. The van der Waals surface area contributed by atoms with E-state index in [0.717, 1.165) is 3.57 Å². The lowest BCUT2D eigenvalue weighted by atomic mass is 10.1. The van der Waals surface area contributed by atoms with Crippen LogP contribution in [0.4, 0.5) is 4.39 Å². The van der Waals surface area contributed by atoms with Gasteiger partial charge in [-0.3, -0.25) is 0 Å². The van der Waals surface area contributed by atoms with Crippen molar-refractivity contribution in [3.63, 3.8) is 0 Å². The van der Waals surface area contributed by atoms with Gasteiger partial charge in [0, 0.05) is 3.57 Å². The normalized spacial score (nSPS) is 9.85. The molecule has 0 unspecified atom stereocenters. The highest BCUT2D eigenvalue weighted by Gasteiger charge is 2.14. The summed E-state index contributed by atoms with van der Waals surface area (Å²) in [6.07, 6.45) is 0. The molecule has 1 rings (SSSR count). The van der Waals surface area contributed by atoms with Gasteiger partial charge in [0.05, 0.1) is 12.7 Å². The summed E-state index contributed by atoms with van der Waals surface area (Å²) in [4.78, 5) is 11.1. The molecular formula is C9H8FIO2. The third kappa shape index (κ3) is 2.18. The van der Waals surface area contributed by atoms with Crippen LogP contribution < -0.4 is 0 Å². The Morgan fingerprint density at radius 1 is 1.54 bits per heavy atom. The molecule has 13 heavy (non-hydrogen) atoms. The second kappa shape index (κ2) is 4.04. The topological polar surface area (TPSA) is 26.3 Å². The zero-order valence-electron chi connectivity index (χ0n) is 7.23. The molecule has 0 atom stereocenters. The molecule has 0 aliphatic heterocycles. The van der Waals surface area contributed by atoms with Gasteiger partial charge in [-0.15, -0.1) is 0 Å². The maximum absolute atomic E-state index is 13.3. The first-order chi connectivity index (χ1) is 6.06. The van der Waals surface area contributed by atoms with Crippen molar-refractivity contribution in [1.29, 1.82) is 0 Å². The minimum absolute atomic E-state index is 0.00750. The van der Waals surface area contributed by atoms with Crippen molar-refractivity contribution >= 4 is 28.6 Å². The fourth-order valence-electron chi connectivity index (χ4n) is 0.984. The van der Waals surface area contributed by atoms with Crippen molar-refractivity contribution in [2.75, 3.05) is 7.11 Å². The van der Waals surface area contributed by atoms with Crippen LogP contribution in [0.3, 0.4) is 0 Å². The summed E-state index contributed by atoms with van der Waals surface area (Å²) < 4.78 is 18.6. The van der Waals surface area contributed by atoms with Crippen molar-refractivity contribution in [2.24, 2.45) is 0 Å². The van der Waals surface area contributed by atoms with Crippen LogP contribution in [0, 0.1) is 16.3 Å². The molecule has 0 amide bonds. The number of benzene rings is 1. The van der Waals surface area contributed by atoms with Gasteiger partial charge in [0.1, 0.15) is 5.82 Å². The monoisotopic (exact) mass is 294 g/mol. The summed E-state index contributed by atoms with van der Waals surface area (Å²) in [5, 5.41) is 0. The molecule has 0 aromatic heterocycles. The van der Waals surface area contributed by atoms with Crippen LogP contribution >= 0.6 is 22.6 Å². The molecule has 0 bridgehead atoms. The molecule has 0 radical (unpaired) electrons. The number of esters is 1. The standard InChI is InChI=1S/C9H8FIO2/c1-5-3-6(11)4-7(8(5)10)9(12)13-2/h3-4H,1-2H3. The van der Waals surface area contributed by atoms with E-state index < -0.39 is 11.8 Å². The highest BCUT2D eigenvalue weighted by atomic mass is 127. The minimum atomic E-state index is -0.640. The Hall–Kier alpha value is -0.650. The van der Waals surface area contributed by atoms with E-state index >= 15 is 0 Å². The van der Waals surface area contributed by atoms with Crippen LogP contribution in [-0.2, 0) is 4.74 Å². The molecule has 0 spiro atoms. The molecule has 0 aliphatic carbocycles. The molecule has 1 aromatic rings. The summed E-state index contributed by atoms with van der Waals surface area (Å²) in [5.74, 6) is -1.15. The number of hydrogen-bond donors (Lipinski definition) is 0. The molecule has 70 valence electrons. The van der Waals surface area contributed by atoms with E-state index in [0.29, 0.717) is 5.56 Å². The second-order valence-corrected chi connectivity index (χ2v) is 3.82. The third-order valence-corrected chi connectivity index (χ3v) is 2.25. The smallest absolute Gasteiger partial charge is 0.340 e. The zero-order chi connectivity index (χ0) is 10.0. The summed E-state index contributed by atoms with van der Waals surface area (Å²) in [7, 11) is 1.23. The summed E-state index contributed by atoms with van der Waals surface area (Å²) in [6.45, 7) is 1.62. The van der Waals surface area contributed by atoms with Crippen molar-refractivity contribution in [3.05, 3.63) is 32.6 Å². The van der Waals surface area contributed by atoms with E-state index in [9.17, 15) is 9.18 Å². The van der Waals surface area contributed by atoms with Gasteiger partial charge in [0.2, 0.25) is 0 Å². The first-order valence-electron chi connectivity index (χ1n) is 3.60. The van der Waals surface area contributed by atoms with Gasteiger partial charge in [-0.2, -0.15) is 0 Å². The van der Waals surface area contributed by atoms with Gasteiger partial charge in [0.15, 0.2) is 0 Å². The average Bonchev–Trinajstić information content (AvgIpc) is 2.10. The van der Waals surface area contributed by atoms with Crippen molar-refractivity contribution < 1.29 is 13.9 Å².